The van der Waals surface area contributed by atoms with Gasteiger partial charge in [-0.15, -0.1) is 0 Å². The van der Waals surface area contributed by atoms with Gasteiger partial charge in [-0.2, -0.15) is 0 Å². The minimum absolute atomic E-state index is 0.0397. The van der Waals surface area contributed by atoms with Crippen molar-refractivity contribution in [2.24, 2.45) is 0 Å². The van der Waals surface area contributed by atoms with Gasteiger partial charge < -0.3 is 25.0 Å². The molecule has 34 heavy (non-hydrogen) atoms. The Morgan fingerprint density at radius 3 is 2.41 bits per heavy atom. The molecule has 1 heterocycles. The summed E-state index contributed by atoms with van der Waals surface area (Å²) in [5.74, 6) is 1.10. The number of nitrogens with zero attached hydrogens (tertiary/aromatic N) is 1. The highest BCUT2D eigenvalue weighted by Crippen LogP contribution is 2.25. The molecule has 0 spiro atoms. The second kappa shape index (κ2) is 11.6. The van der Waals surface area contributed by atoms with Gasteiger partial charge in [0, 0.05) is 44.4 Å². The van der Waals surface area contributed by atoms with Gasteiger partial charge >= 0.3 is 0 Å². The number of benzene rings is 3. The molecule has 0 unspecified atom stereocenters. The van der Waals surface area contributed by atoms with E-state index in [0.717, 1.165) is 22.2 Å². The molecular formula is C27H28FN3O3. The first-order valence-electron chi connectivity index (χ1n) is 11.3. The molecule has 0 fully saturated rings. The van der Waals surface area contributed by atoms with Gasteiger partial charge in [-0.1, -0.05) is 30.3 Å². The van der Waals surface area contributed by atoms with E-state index in [0.29, 0.717) is 44.0 Å². The molecule has 6 nitrogen and oxygen atoms in total. The Morgan fingerprint density at radius 1 is 0.853 bits per heavy atom. The molecule has 1 aromatic heterocycles. The standard InChI is InChI=1S/C27H28FN3O3/c28-23-9-6-20(7-10-23)18-30-19-22-16-21-8-11-25(34-24-4-2-1-3-5-24)17-26(21)31(27(22)33)14-12-29-13-15-32/h1-11,16-17,29-30,32H,12-15,18-19H2. The zero-order valence-electron chi connectivity index (χ0n) is 18.8. The first-order chi connectivity index (χ1) is 16.6. The predicted octanol–water partition coefficient (Wildman–Crippen LogP) is 3.80. The van der Waals surface area contributed by atoms with Crippen LogP contribution in [0.4, 0.5) is 4.39 Å². The second-order valence-electron chi connectivity index (χ2n) is 7.97. The van der Waals surface area contributed by atoms with Crippen molar-refractivity contribution < 1.29 is 14.2 Å². The minimum atomic E-state index is -0.272. The van der Waals surface area contributed by atoms with Crippen molar-refractivity contribution in [3.63, 3.8) is 0 Å². The fraction of sp³-hybridized carbons (Fsp3) is 0.222. The second-order valence-corrected chi connectivity index (χ2v) is 7.97. The maximum Gasteiger partial charge on any atom is 0.255 e. The average Bonchev–Trinajstić information content (AvgIpc) is 2.85. The van der Waals surface area contributed by atoms with Gasteiger partial charge in [0.25, 0.3) is 5.56 Å². The fourth-order valence-electron chi connectivity index (χ4n) is 3.79. The van der Waals surface area contributed by atoms with Crippen LogP contribution >= 0.6 is 0 Å². The van der Waals surface area contributed by atoms with E-state index in [4.69, 9.17) is 9.84 Å². The number of aromatic nitrogens is 1. The van der Waals surface area contributed by atoms with Gasteiger partial charge in [0.15, 0.2) is 0 Å². The van der Waals surface area contributed by atoms with Gasteiger partial charge in [0.1, 0.15) is 17.3 Å². The Kier molecular flexibility index (Phi) is 8.04. The van der Waals surface area contributed by atoms with E-state index in [1.54, 1.807) is 16.7 Å². The van der Waals surface area contributed by atoms with Crippen LogP contribution in [0.5, 0.6) is 11.5 Å². The molecule has 0 atom stereocenters. The number of pyridine rings is 1. The summed E-state index contributed by atoms with van der Waals surface area (Å²) in [7, 11) is 0. The SMILES string of the molecule is O=c1c(CNCc2ccc(F)cc2)cc2ccc(Oc3ccccc3)cc2n1CCNCCO. The Morgan fingerprint density at radius 2 is 1.65 bits per heavy atom. The number of fused-ring (bicyclic) bond motifs is 1. The first kappa shape index (κ1) is 23.6. The summed E-state index contributed by atoms with van der Waals surface area (Å²) in [6.07, 6.45) is 0. The van der Waals surface area contributed by atoms with Crippen LogP contribution in [0.15, 0.2) is 83.7 Å². The van der Waals surface area contributed by atoms with Crippen molar-refractivity contribution in [2.45, 2.75) is 19.6 Å². The smallest absolute Gasteiger partial charge is 0.255 e. The van der Waals surface area contributed by atoms with Crippen LogP contribution in [-0.4, -0.2) is 29.4 Å². The maximum absolute atomic E-state index is 13.4. The zero-order chi connectivity index (χ0) is 23.8. The molecule has 7 heteroatoms. The quantitative estimate of drug-likeness (QED) is 0.296. The molecule has 0 amide bonds. The predicted molar refractivity (Wildman–Crippen MR) is 132 cm³/mol. The van der Waals surface area contributed by atoms with Crippen LogP contribution in [0, 0.1) is 5.82 Å². The fourth-order valence-corrected chi connectivity index (χ4v) is 3.79. The number of halogens is 1. The molecule has 4 aromatic rings. The molecular weight excluding hydrogens is 433 g/mol. The highest BCUT2D eigenvalue weighted by molar-refractivity contribution is 5.81. The Balaban J connectivity index is 1.59. The monoisotopic (exact) mass is 461 g/mol. The van der Waals surface area contributed by atoms with Gasteiger partial charge in [0.05, 0.1) is 12.1 Å². The molecule has 0 saturated heterocycles. The zero-order valence-corrected chi connectivity index (χ0v) is 18.8. The topological polar surface area (TPSA) is 75.5 Å². The molecule has 0 radical (unpaired) electrons. The van der Waals surface area contributed by atoms with Crippen molar-refractivity contribution in [2.75, 3.05) is 19.7 Å². The van der Waals surface area contributed by atoms with Crippen LogP contribution in [-0.2, 0) is 19.6 Å². The van der Waals surface area contributed by atoms with E-state index in [-0.39, 0.29) is 18.0 Å². The minimum Gasteiger partial charge on any atom is -0.457 e. The van der Waals surface area contributed by atoms with Crippen molar-refractivity contribution in [3.8, 4) is 11.5 Å². The summed E-state index contributed by atoms with van der Waals surface area (Å²) in [5, 5.41) is 16.4. The number of aliphatic hydroxyl groups is 1. The third-order valence-corrected chi connectivity index (χ3v) is 5.48. The van der Waals surface area contributed by atoms with Crippen molar-refractivity contribution in [3.05, 3.63) is 106 Å². The lowest BCUT2D eigenvalue weighted by atomic mass is 10.1. The van der Waals surface area contributed by atoms with E-state index >= 15 is 0 Å². The molecule has 3 N–H and O–H groups in total. The first-order valence-corrected chi connectivity index (χ1v) is 11.3. The van der Waals surface area contributed by atoms with Crippen molar-refractivity contribution in [1.82, 2.24) is 15.2 Å². The Labute approximate surface area is 197 Å². The molecule has 0 bridgehead atoms. The van der Waals surface area contributed by atoms with Crippen LogP contribution < -0.4 is 20.9 Å². The van der Waals surface area contributed by atoms with Crippen LogP contribution in [0.2, 0.25) is 0 Å². The third kappa shape index (κ3) is 6.08. The van der Waals surface area contributed by atoms with E-state index in [1.807, 2.05) is 54.6 Å². The summed E-state index contributed by atoms with van der Waals surface area (Å²) >= 11 is 0. The van der Waals surface area contributed by atoms with Gasteiger partial charge in [-0.3, -0.25) is 4.79 Å². The van der Waals surface area contributed by atoms with Crippen LogP contribution in [0.1, 0.15) is 11.1 Å². The van der Waals surface area contributed by atoms with Crippen LogP contribution in [0.3, 0.4) is 0 Å². The lowest BCUT2D eigenvalue weighted by molar-refractivity contribution is 0.291. The highest BCUT2D eigenvalue weighted by atomic mass is 19.1. The summed E-state index contributed by atoms with van der Waals surface area (Å²) < 4.78 is 20.8. The van der Waals surface area contributed by atoms with E-state index in [9.17, 15) is 9.18 Å². The van der Waals surface area contributed by atoms with Crippen LogP contribution in [0.25, 0.3) is 10.9 Å². The lowest BCUT2D eigenvalue weighted by Gasteiger charge is -2.15. The van der Waals surface area contributed by atoms with Crippen molar-refractivity contribution in [1.29, 1.82) is 0 Å². The summed E-state index contributed by atoms with van der Waals surface area (Å²) in [6.45, 7) is 2.42. The molecule has 4 rings (SSSR count). The molecule has 0 saturated carbocycles. The molecule has 0 aliphatic carbocycles. The van der Waals surface area contributed by atoms with Gasteiger partial charge in [-0.05, 0) is 53.4 Å². The molecule has 176 valence electrons. The number of nitrogens with one attached hydrogen (secondary N) is 2. The molecule has 0 aliphatic heterocycles. The van der Waals surface area contributed by atoms with Gasteiger partial charge in [0.2, 0.25) is 0 Å². The number of para-hydroxylation sites is 1. The summed E-state index contributed by atoms with van der Waals surface area (Å²) in [4.78, 5) is 13.4. The Bertz CT molecular complexity index is 1270. The number of hydrogen-bond acceptors (Lipinski definition) is 5. The number of rotatable bonds is 11. The van der Waals surface area contributed by atoms with E-state index < -0.39 is 0 Å². The van der Waals surface area contributed by atoms with Crippen molar-refractivity contribution >= 4 is 10.9 Å². The summed E-state index contributed by atoms with van der Waals surface area (Å²) in [6, 6.07) is 23.4. The third-order valence-electron chi connectivity index (χ3n) is 5.48. The molecule has 3 aromatic carbocycles. The Hall–Kier alpha value is -3.52. The molecule has 0 aliphatic rings. The van der Waals surface area contributed by atoms with E-state index in [2.05, 4.69) is 10.6 Å². The highest BCUT2D eigenvalue weighted by Gasteiger charge is 2.11. The summed E-state index contributed by atoms with van der Waals surface area (Å²) in [5.41, 5.74) is 2.29. The largest absolute Gasteiger partial charge is 0.457 e. The number of hydrogen-bond donors (Lipinski definition) is 3. The lowest BCUT2D eigenvalue weighted by Crippen LogP contribution is -2.31. The maximum atomic E-state index is 13.4. The van der Waals surface area contributed by atoms with Gasteiger partial charge in [-0.25, -0.2) is 4.39 Å². The van der Waals surface area contributed by atoms with E-state index in [1.165, 1.54) is 12.1 Å². The average molecular weight is 462 g/mol. The number of aliphatic hydroxyl groups excluding tert-OH is 1. The normalized spacial score (nSPS) is 11.1. The number of ether oxygens (including phenoxy) is 1.